The van der Waals surface area contributed by atoms with Crippen molar-refractivity contribution in [1.82, 2.24) is 9.88 Å². The minimum atomic E-state index is -0.544. The Morgan fingerprint density at radius 2 is 1.93 bits per heavy atom. The van der Waals surface area contributed by atoms with Gasteiger partial charge >= 0.3 is 12.1 Å². The van der Waals surface area contributed by atoms with Gasteiger partial charge in [0.2, 0.25) is 0 Å². The molecular formula is C34H39N3O4. The fourth-order valence-electron chi connectivity index (χ4n) is 6.62. The Balaban J connectivity index is 1.41. The summed E-state index contributed by atoms with van der Waals surface area (Å²) in [7, 11) is 1.43. The molecule has 1 unspecified atom stereocenters. The number of rotatable bonds is 5. The first-order valence-electron chi connectivity index (χ1n) is 14.8. The third-order valence-electron chi connectivity index (χ3n) is 8.51. The number of esters is 1. The van der Waals surface area contributed by atoms with Crippen molar-refractivity contribution >= 4 is 41.0 Å². The number of carbonyl (C=O) groups excluding carboxylic acids is 2. The van der Waals surface area contributed by atoms with Crippen molar-refractivity contribution in [2.75, 3.05) is 13.7 Å². The number of amides is 1. The molecular weight excluding hydrogens is 514 g/mol. The molecule has 7 nitrogen and oxygen atoms in total. The van der Waals surface area contributed by atoms with Gasteiger partial charge in [0, 0.05) is 41.4 Å². The average molecular weight is 554 g/mol. The summed E-state index contributed by atoms with van der Waals surface area (Å²) >= 11 is 0. The molecule has 1 aromatic carbocycles. The Morgan fingerprint density at radius 3 is 2.68 bits per heavy atom. The van der Waals surface area contributed by atoms with Crippen molar-refractivity contribution in [2.24, 2.45) is 10.9 Å². The summed E-state index contributed by atoms with van der Waals surface area (Å²) in [6.45, 7) is 6.03. The van der Waals surface area contributed by atoms with E-state index in [0.29, 0.717) is 30.9 Å². The summed E-state index contributed by atoms with van der Waals surface area (Å²) in [5.41, 5.74) is 7.43. The van der Waals surface area contributed by atoms with Gasteiger partial charge in [-0.15, -0.1) is 0 Å². The number of carbonyl (C=O) groups is 2. The van der Waals surface area contributed by atoms with Crippen LogP contribution in [-0.2, 0) is 14.3 Å². The van der Waals surface area contributed by atoms with E-state index in [0.717, 1.165) is 33.6 Å². The van der Waals surface area contributed by atoms with Gasteiger partial charge in [0.15, 0.2) is 0 Å². The van der Waals surface area contributed by atoms with E-state index in [4.69, 9.17) is 14.5 Å². The van der Waals surface area contributed by atoms with Crippen LogP contribution in [0.1, 0.15) is 82.9 Å². The van der Waals surface area contributed by atoms with Gasteiger partial charge in [-0.2, -0.15) is 0 Å². The molecule has 0 radical (unpaired) electrons. The molecule has 3 heterocycles. The Bertz CT molecular complexity index is 1550. The molecule has 1 saturated carbocycles. The van der Waals surface area contributed by atoms with Crippen molar-refractivity contribution in [3.63, 3.8) is 0 Å². The maximum atomic E-state index is 13.0. The van der Waals surface area contributed by atoms with E-state index in [1.807, 2.05) is 39.1 Å². The van der Waals surface area contributed by atoms with Crippen molar-refractivity contribution in [3.8, 4) is 0 Å². The molecule has 1 fully saturated rings. The van der Waals surface area contributed by atoms with Crippen LogP contribution in [0.5, 0.6) is 0 Å². The molecule has 0 saturated heterocycles. The summed E-state index contributed by atoms with van der Waals surface area (Å²) in [4.78, 5) is 30.1. The fraction of sp³-hybridized carbons (Fsp3) is 0.441. The molecule has 0 spiro atoms. The topological polar surface area (TPSA) is 81.9 Å². The van der Waals surface area contributed by atoms with E-state index in [1.54, 1.807) is 0 Å². The number of nitrogens with zero attached hydrogens (tertiary/aromatic N) is 2. The Morgan fingerprint density at radius 1 is 1.12 bits per heavy atom. The third-order valence-corrected chi connectivity index (χ3v) is 8.51. The Kier molecular flexibility index (Phi) is 7.22. The highest BCUT2D eigenvalue weighted by atomic mass is 16.6. The SMILES string of the molecule is COC(=O)C1=C2C(=C3N=CC(CCNC(=O)OC(C)(C)C)C3=Cn3c2cc2cc(C4CCCCC4)ccc23)CC=C1. The molecule has 41 heavy (non-hydrogen) atoms. The van der Waals surface area contributed by atoms with Crippen LogP contribution in [0.3, 0.4) is 0 Å². The van der Waals surface area contributed by atoms with Crippen molar-refractivity contribution < 1.29 is 19.1 Å². The lowest BCUT2D eigenvalue weighted by Gasteiger charge is -2.22. The molecule has 2 aliphatic heterocycles. The first-order valence-corrected chi connectivity index (χ1v) is 14.8. The quantitative estimate of drug-likeness (QED) is 0.394. The van der Waals surface area contributed by atoms with Gasteiger partial charge in [0.1, 0.15) is 5.60 Å². The van der Waals surface area contributed by atoms with Gasteiger partial charge in [-0.1, -0.05) is 37.5 Å². The highest BCUT2D eigenvalue weighted by Crippen LogP contribution is 2.46. The van der Waals surface area contributed by atoms with E-state index < -0.39 is 11.7 Å². The molecule has 2 aliphatic carbocycles. The van der Waals surface area contributed by atoms with Gasteiger partial charge in [-0.25, -0.2) is 9.59 Å². The van der Waals surface area contributed by atoms with Crippen molar-refractivity contribution in [2.45, 2.75) is 77.2 Å². The molecule has 6 rings (SSSR count). The predicted molar refractivity (Wildman–Crippen MR) is 163 cm³/mol. The monoisotopic (exact) mass is 553 g/mol. The summed E-state index contributed by atoms with van der Waals surface area (Å²) in [6, 6.07) is 9.09. The second kappa shape index (κ2) is 10.8. The fourth-order valence-corrected chi connectivity index (χ4v) is 6.62. The number of allylic oxidation sites excluding steroid dienone is 4. The normalized spacial score (nSPS) is 20.4. The van der Waals surface area contributed by atoms with Crippen LogP contribution < -0.4 is 5.32 Å². The van der Waals surface area contributed by atoms with E-state index in [9.17, 15) is 9.59 Å². The number of alkyl carbamates (subject to hydrolysis) is 1. The maximum Gasteiger partial charge on any atom is 0.407 e. The lowest BCUT2D eigenvalue weighted by molar-refractivity contribution is -0.135. The summed E-state index contributed by atoms with van der Waals surface area (Å²) in [5.74, 6) is 0.282. The molecule has 2 aromatic rings. The second-order valence-corrected chi connectivity index (χ2v) is 12.5. The lowest BCUT2D eigenvalue weighted by Crippen LogP contribution is -2.33. The summed E-state index contributed by atoms with van der Waals surface area (Å²) in [6.07, 6.45) is 15.4. The van der Waals surface area contributed by atoms with E-state index in [1.165, 1.54) is 50.2 Å². The van der Waals surface area contributed by atoms with Gasteiger partial charge < -0.3 is 19.4 Å². The standard InChI is InChI=1S/C34H39N3O4/c1-34(2,3)41-33(39)35-16-15-23-19-36-31-25-11-8-12-26(32(38)40-4)30(25)29-18-24-17-22(21-9-6-5-7-10-21)13-14-28(24)37(29)20-27(23)31/h8,12-14,17-21,23H,5-7,9-11,15-16H2,1-4H3,(H,35,39). The number of ether oxygens (including phenoxy) is 2. The largest absolute Gasteiger partial charge is 0.465 e. The first kappa shape index (κ1) is 27.3. The third kappa shape index (κ3) is 5.30. The minimum Gasteiger partial charge on any atom is -0.465 e. The maximum absolute atomic E-state index is 13.0. The lowest BCUT2D eigenvalue weighted by atomic mass is 9.84. The molecule has 1 amide bonds. The molecule has 1 aromatic heterocycles. The van der Waals surface area contributed by atoms with E-state index in [2.05, 4.69) is 40.3 Å². The number of aromatic nitrogens is 1. The van der Waals surface area contributed by atoms with E-state index >= 15 is 0 Å². The Hall–Kier alpha value is -3.87. The van der Waals surface area contributed by atoms with Gasteiger partial charge in [-0.05, 0) is 81.7 Å². The zero-order valence-corrected chi connectivity index (χ0v) is 24.5. The van der Waals surface area contributed by atoms with Crippen LogP contribution in [0.15, 0.2) is 63.8 Å². The molecule has 1 N–H and O–H groups in total. The number of nitrogens with one attached hydrogen (secondary N) is 1. The van der Waals surface area contributed by atoms with Gasteiger partial charge in [0.25, 0.3) is 0 Å². The second-order valence-electron chi connectivity index (χ2n) is 12.5. The van der Waals surface area contributed by atoms with Gasteiger partial charge in [0.05, 0.1) is 29.6 Å². The molecule has 1 atom stereocenters. The summed E-state index contributed by atoms with van der Waals surface area (Å²) in [5, 5.41) is 4.07. The van der Waals surface area contributed by atoms with Crippen LogP contribution in [-0.4, -0.2) is 42.1 Å². The van der Waals surface area contributed by atoms with Crippen LogP contribution >= 0.6 is 0 Å². The zero-order chi connectivity index (χ0) is 28.7. The number of hydrogen-bond donors (Lipinski definition) is 1. The highest BCUT2D eigenvalue weighted by molar-refractivity contribution is 6.08. The van der Waals surface area contributed by atoms with Crippen LogP contribution in [0.25, 0.3) is 22.7 Å². The number of benzene rings is 1. The molecule has 7 heteroatoms. The smallest absolute Gasteiger partial charge is 0.407 e. The van der Waals surface area contributed by atoms with Crippen LogP contribution in [0.2, 0.25) is 0 Å². The highest BCUT2D eigenvalue weighted by Gasteiger charge is 2.34. The van der Waals surface area contributed by atoms with Crippen LogP contribution in [0.4, 0.5) is 4.79 Å². The van der Waals surface area contributed by atoms with Crippen molar-refractivity contribution in [3.05, 3.63) is 70.1 Å². The zero-order valence-electron chi connectivity index (χ0n) is 24.5. The van der Waals surface area contributed by atoms with Crippen LogP contribution in [0, 0.1) is 5.92 Å². The number of aliphatic imine (C=N–C) groups is 1. The molecule has 214 valence electrons. The van der Waals surface area contributed by atoms with Gasteiger partial charge in [-0.3, -0.25) is 4.99 Å². The first-order chi connectivity index (χ1) is 19.7. The number of methoxy groups -OCH3 is 1. The number of hydrogen-bond acceptors (Lipinski definition) is 5. The average Bonchev–Trinajstić information content (AvgIpc) is 3.48. The minimum absolute atomic E-state index is 0.0195. The number of fused-ring (bicyclic) bond motifs is 6. The molecule has 4 aliphatic rings. The van der Waals surface area contributed by atoms with Crippen molar-refractivity contribution in [1.29, 1.82) is 0 Å². The molecule has 0 bridgehead atoms. The summed E-state index contributed by atoms with van der Waals surface area (Å²) < 4.78 is 12.9. The van der Waals surface area contributed by atoms with E-state index in [-0.39, 0.29) is 11.9 Å². The predicted octanol–water partition coefficient (Wildman–Crippen LogP) is 7.30. The Labute approximate surface area is 241 Å².